The number of nitro benzene ring substituents is 1. The van der Waals surface area contributed by atoms with E-state index in [0.717, 1.165) is 5.56 Å². The summed E-state index contributed by atoms with van der Waals surface area (Å²) in [6.45, 7) is 3.57. The lowest BCUT2D eigenvalue weighted by Gasteiger charge is -2.09. The zero-order valence-electron chi connectivity index (χ0n) is 10.4. The van der Waals surface area contributed by atoms with Gasteiger partial charge in [0.2, 0.25) is 5.88 Å². The van der Waals surface area contributed by atoms with E-state index in [4.69, 9.17) is 4.74 Å². The molecule has 0 N–H and O–H groups in total. The molecule has 0 saturated heterocycles. The summed E-state index contributed by atoms with van der Waals surface area (Å²) in [5, 5.41) is 10.9. The van der Waals surface area contributed by atoms with E-state index in [9.17, 15) is 10.1 Å². The Morgan fingerprint density at radius 2 is 2.11 bits per heavy atom. The van der Waals surface area contributed by atoms with E-state index in [1.54, 1.807) is 25.3 Å². The minimum Gasteiger partial charge on any atom is -0.437 e. The first kappa shape index (κ1) is 13.5. The van der Waals surface area contributed by atoms with Gasteiger partial charge in [0.25, 0.3) is 5.69 Å². The molecule has 0 aliphatic heterocycles. The van der Waals surface area contributed by atoms with E-state index in [-0.39, 0.29) is 5.69 Å². The largest absolute Gasteiger partial charge is 0.437 e. The van der Waals surface area contributed by atoms with Gasteiger partial charge in [0.15, 0.2) is 0 Å². The van der Waals surface area contributed by atoms with Gasteiger partial charge in [-0.1, -0.05) is 6.07 Å². The van der Waals surface area contributed by atoms with Crippen LogP contribution in [0.4, 0.5) is 5.69 Å². The number of aromatic nitrogens is 1. The fraction of sp³-hybridized carbons (Fsp3) is 0.154. The fourth-order valence-electron chi connectivity index (χ4n) is 1.61. The second-order valence-electron chi connectivity index (χ2n) is 4.06. The van der Waals surface area contributed by atoms with E-state index in [1.807, 2.05) is 13.0 Å². The van der Waals surface area contributed by atoms with E-state index in [1.165, 1.54) is 6.07 Å². The molecule has 2 rings (SSSR count). The minimum absolute atomic E-state index is 0.0285. The number of ether oxygens (including phenoxy) is 1. The summed E-state index contributed by atoms with van der Waals surface area (Å²) >= 11 is 3.36. The Bertz CT molecular complexity index is 644. The molecule has 1 aromatic carbocycles. The van der Waals surface area contributed by atoms with Crippen molar-refractivity contribution in [3.8, 4) is 11.6 Å². The van der Waals surface area contributed by atoms with Crippen LogP contribution in [-0.4, -0.2) is 9.91 Å². The Morgan fingerprint density at radius 3 is 2.74 bits per heavy atom. The molecule has 98 valence electrons. The molecule has 0 unspecified atom stereocenters. The van der Waals surface area contributed by atoms with Crippen LogP contribution in [-0.2, 0) is 0 Å². The number of nitrogens with zero attached hydrogens (tertiary/aromatic N) is 2. The van der Waals surface area contributed by atoms with Crippen LogP contribution in [0.5, 0.6) is 11.6 Å². The van der Waals surface area contributed by atoms with E-state index < -0.39 is 4.92 Å². The smallest absolute Gasteiger partial charge is 0.276 e. The predicted molar refractivity (Wildman–Crippen MR) is 74.6 cm³/mol. The number of hydrogen-bond donors (Lipinski definition) is 0. The van der Waals surface area contributed by atoms with Crippen molar-refractivity contribution < 1.29 is 9.66 Å². The molecule has 0 saturated carbocycles. The molecule has 0 bridgehead atoms. The van der Waals surface area contributed by atoms with Crippen molar-refractivity contribution in [3.63, 3.8) is 0 Å². The Hall–Kier alpha value is -1.95. The lowest BCUT2D eigenvalue weighted by molar-refractivity contribution is -0.385. The number of rotatable bonds is 3. The molecule has 0 atom stereocenters. The monoisotopic (exact) mass is 322 g/mol. The summed E-state index contributed by atoms with van der Waals surface area (Å²) in [6, 6.07) is 6.58. The molecule has 0 aliphatic carbocycles. The van der Waals surface area contributed by atoms with Crippen LogP contribution in [0.25, 0.3) is 0 Å². The van der Waals surface area contributed by atoms with Crippen LogP contribution < -0.4 is 4.74 Å². The van der Waals surface area contributed by atoms with Crippen molar-refractivity contribution in [1.82, 2.24) is 4.98 Å². The molecular weight excluding hydrogens is 312 g/mol. The van der Waals surface area contributed by atoms with Gasteiger partial charge >= 0.3 is 0 Å². The predicted octanol–water partition coefficient (Wildman–Crippen LogP) is 4.16. The van der Waals surface area contributed by atoms with Crippen LogP contribution in [0.3, 0.4) is 0 Å². The van der Waals surface area contributed by atoms with Crippen molar-refractivity contribution in [2.45, 2.75) is 13.8 Å². The summed E-state index contributed by atoms with van der Waals surface area (Å²) in [6.07, 6.45) is 1.67. The van der Waals surface area contributed by atoms with Crippen LogP contribution in [0.2, 0.25) is 0 Å². The van der Waals surface area contributed by atoms with Crippen LogP contribution in [0.15, 0.2) is 34.9 Å². The molecule has 0 spiro atoms. The molecule has 0 fully saturated rings. The van der Waals surface area contributed by atoms with Crippen LogP contribution >= 0.6 is 15.9 Å². The van der Waals surface area contributed by atoms with Crippen LogP contribution in [0.1, 0.15) is 11.1 Å². The molecule has 19 heavy (non-hydrogen) atoms. The Morgan fingerprint density at radius 1 is 1.37 bits per heavy atom. The number of aryl methyl sites for hydroxylation is 1. The van der Waals surface area contributed by atoms with Crippen molar-refractivity contribution in [2.24, 2.45) is 0 Å². The minimum atomic E-state index is -0.431. The van der Waals surface area contributed by atoms with Gasteiger partial charge in [0, 0.05) is 12.3 Å². The molecule has 0 amide bonds. The summed E-state index contributed by atoms with van der Waals surface area (Å²) < 4.78 is 6.33. The third kappa shape index (κ3) is 2.90. The maximum absolute atomic E-state index is 10.9. The van der Waals surface area contributed by atoms with Crippen molar-refractivity contribution >= 4 is 21.6 Å². The number of nitro groups is 1. The molecule has 1 aromatic heterocycles. The van der Waals surface area contributed by atoms with Gasteiger partial charge in [0.05, 0.1) is 15.0 Å². The standard InChI is InChI=1S/C13H11BrN2O3/c1-8-6-10(14)13(15-7-8)19-12-5-3-4-11(9(12)2)16(17)18/h3-7H,1-2H3. The van der Waals surface area contributed by atoms with Gasteiger partial charge in [-0.05, 0) is 47.5 Å². The SMILES string of the molecule is Cc1cnc(Oc2cccc([N+](=O)[O-])c2C)c(Br)c1. The van der Waals surface area contributed by atoms with Gasteiger partial charge in [-0.3, -0.25) is 10.1 Å². The molecule has 2 aromatic rings. The number of pyridine rings is 1. The van der Waals surface area contributed by atoms with Gasteiger partial charge < -0.3 is 4.74 Å². The molecule has 0 radical (unpaired) electrons. The van der Waals surface area contributed by atoms with Crippen molar-refractivity contribution in [2.75, 3.05) is 0 Å². The first-order valence-corrected chi connectivity index (χ1v) is 6.32. The maximum Gasteiger partial charge on any atom is 0.276 e. The lowest BCUT2D eigenvalue weighted by atomic mass is 10.2. The average molecular weight is 323 g/mol. The highest BCUT2D eigenvalue weighted by atomic mass is 79.9. The highest BCUT2D eigenvalue weighted by Gasteiger charge is 2.15. The third-order valence-electron chi connectivity index (χ3n) is 2.60. The summed E-state index contributed by atoms with van der Waals surface area (Å²) in [4.78, 5) is 14.6. The summed E-state index contributed by atoms with van der Waals surface area (Å²) in [7, 11) is 0. The Balaban J connectivity index is 2.38. The van der Waals surface area contributed by atoms with Crippen molar-refractivity contribution in [3.05, 3.63) is 56.2 Å². The number of benzene rings is 1. The van der Waals surface area contributed by atoms with E-state index in [0.29, 0.717) is 21.7 Å². The molecule has 5 nitrogen and oxygen atoms in total. The zero-order chi connectivity index (χ0) is 14.0. The Labute approximate surface area is 118 Å². The first-order valence-electron chi connectivity index (χ1n) is 5.53. The molecule has 6 heteroatoms. The average Bonchev–Trinajstić information content (AvgIpc) is 2.34. The van der Waals surface area contributed by atoms with Gasteiger partial charge in [0.1, 0.15) is 5.75 Å². The highest BCUT2D eigenvalue weighted by Crippen LogP contribution is 2.33. The Kier molecular flexibility index (Phi) is 3.80. The maximum atomic E-state index is 10.9. The molecular formula is C13H11BrN2O3. The number of halogens is 1. The van der Waals surface area contributed by atoms with Crippen LogP contribution in [0, 0.1) is 24.0 Å². The summed E-state index contributed by atoms with van der Waals surface area (Å²) in [5.41, 5.74) is 1.50. The first-order chi connectivity index (χ1) is 8.99. The van der Waals surface area contributed by atoms with Crippen molar-refractivity contribution in [1.29, 1.82) is 0 Å². The number of hydrogen-bond acceptors (Lipinski definition) is 4. The molecule has 1 heterocycles. The normalized spacial score (nSPS) is 10.3. The second kappa shape index (κ2) is 5.36. The highest BCUT2D eigenvalue weighted by molar-refractivity contribution is 9.10. The summed E-state index contributed by atoms with van der Waals surface area (Å²) in [5.74, 6) is 0.806. The van der Waals surface area contributed by atoms with Gasteiger partial charge in [-0.2, -0.15) is 0 Å². The lowest BCUT2D eigenvalue weighted by Crippen LogP contribution is -1.96. The fourth-order valence-corrected chi connectivity index (χ4v) is 2.16. The zero-order valence-corrected chi connectivity index (χ0v) is 12.0. The van der Waals surface area contributed by atoms with Gasteiger partial charge in [-0.15, -0.1) is 0 Å². The van der Waals surface area contributed by atoms with Gasteiger partial charge in [-0.25, -0.2) is 4.98 Å². The second-order valence-corrected chi connectivity index (χ2v) is 4.91. The topological polar surface area (TPSA) is 65.3 Å². The third-order valence-corrected chi connectivity index (χ3v) is 3.17. The van der Waals surface area contributed by atoms with E-state index in [2.05, 4.69) is 20.9 Å². The van der Waals surface area contributed by atoms with E-state index >= 15 is 0 Å². The molecule has 0 aliphatic rings. The quantitative estimate of drug-likeness (QED) is 0.628.